The van der Waals surface area contributed by atoms with Gasteiger partial charge < -0.3 is 0 Å². The van der Waals surface area contributed by atoms with Gasteiger partial charge in [-0.2, -0.15) is 5.01 Å². The number of hydrogen-bond donors (Lipinski definition) is 2. The maximum atomic E-state index is 4.15. The minimum Gasteiger partial charge on any atom is -0.219 e. The molecule has 1 aliphatic heterocycles. The van der Waals surface area contributed by atoms with E-state index in [1.807, 2.05) is 14.0 Å². The lowest BCUT2D eigenvalue weighted by Gasteiger charge is -2.19. The van der Waals surface area contributed by atoms with Gasteiger partial charge in [0, 0.05) is 7.05 Å². The maximum absolute atomic E-state index is 4.15. The molecule has 1 N–H and O–H groups in total. The highest BCUT2D eigenvalue weighted by Crippen LogP contribution is 2.21. The van der Waals surface area contributed by atoms with Crippen molar-refractivity contribution in [2.24, 2.45) is 10.3 Å². The fourth-order valence-corrected chi connectivity index (χ4v) is 0.435. The Kier molecular flexibility index (Phi) is 1.16. The summed E-state index contributed by atoms with van der Waals surface area (Å²) < 4.78 is 0. The lowest BCUT2D eigenvalue weighted by atomic mass is 10.6. The van der Waals surface area contributed by atoms with Crippen LogP contribution in [0.3, 0.4) is 0 Å². The van der Waals surface area contributed by atoms with E-state index in [1.165, 1.54) is 0 Å². The molecule has 1 unspecified atom stereocenters. The van der Waals surface area contributed by atoms with Crippen molar-refractivity contribution in [2.75, 3.05) is 7.05 Å². The lowest BCUT2D eigenvalue weighted by Crippen LogP contribution is -2.38. The average molecular weight is 132 g/mol. The first-order valence-corrected chi connectivity index (χ1v) is 2.71. The van der Waals surface area contributed by atoms with Crippen LogP contribution in [-0.2, 0) is 0 Å². The van der Waals surface area contributed by atoms with Crippen LogP contribution in [0.4, 0.5) is 0 Å². The average Bonchev–Trinajstić information content (AvgIpc) is 1.86. The van der Waals surface area contributed by atoms with Crippen LogP contribution in [-0.4, -0.2) is 17.1 Å². The molecule has 0 saturated heterocycles. The van der Waals surface area contributed by atoms with Gasteiger partial charge in [0.05, 0.1) is 0 Å². The summed E-state index contributed by atoms with van der Waals surface area (Å²) in [6.45, 7) is 1.85. The van der Waals surface area contributed by atoms with Gasteiger partial charge in [0.2, 0.25) is 0 Å². The number of nitrogens with one attached hydrogen (secondary N) is 1. The summed E-state index contributed by atoms with van der Waals surface area (Å²) in [5, 5.41) is 9.00. The van der Waals surface area contributed by atoms with Crippen LogP contribution in [0.2, 0.25) is 0 Å². The van der Waals surface area contributed by atoms with Crippen LogP contribution in [0.15, 0.2) is 10.3 Å². The molecule has 8 heavy (non-hydrogen) atoms. The summed E-state index contributed by atoms with van der Waals surface area (Å²) in [7, 11) is 1.83. The summed E-state index contributed by atoms with van der Waals surface area (Å²) in [6, 6.07) is 0. The molecule has 0 bridgehead atoms. The lowest BCUT2D eigenvalue weighted by molar-refractivity contribution is 0.209. The Hall–Kier alpha value is -0.290. The van der Waals surface area contributed by atoms with Crippen LogP contribution >= 0.6 is 12.6 Å². The third-order valence-electron chi connectivity index (χ3n) is 1.07. The zero-order valence-electron chi connectivity index (χ0n) is 4.79. The van der Waals surface area contributed by atoms with Crippen molar-refractivity contribution in [1.82, 2.24) is 10.5 Å². The smallest absolute Gasteiger partial charge is 0.194 e. The molecule has 46 valence electrons. The van der Waals surface area contributed by atoms with Crippen LogP contribution in [0.25, 0.3) is 0 Å². The molecule has 0 aliphatic carbocycles. The first-order valence-electron chi connectivity index (χ1n) is 2.27. The van der Waals surface area contributed by atoms with Gasteiger partial charge in [-0.25, -0.2) is 5.53 Å². The van der Waals surface area contributed by atoms with Crippen molar-refractivity contribution < 1.29 is 0 Å². The molecule has 0 amide bonds. The second-order valence-electron chi connectivity index (χ2n) is 1.83. The summed E-state index contributed by atoms with van der Waals surface area (Å²) >= 11 is 4.15. The Balaban J connectivity index is 2.67. The highest BCUT2D eigenvalue weighted by Gasteiger charge is 2.28. The second-order valence-corrected chi connectivity index (χ2v) is 2.68. The van der Waals surface area contributed by atoms with Gasteiger partial charge in [-0.15, -0.1) is 17.7 Å². The molecule has 0 aromatic carbocycles. The third kappa shape index (κ3) is 0.784. The molecule has 0 radical (unpaired) electrons. The number of hydrogen-bond acceptors (Lipinski definition) is 5. The predicted molar refractivity (Wildman–Crippen MR) is 33.1 cm³/mol. The fraction of sp³-hybridized carbons (Fsp3) is 1.00. The topological polar surface area (TPSA) is 40.0 Å². The summed E-state index contributed by atoms with van der Waals surface area (Å²) in [5.74, 6) is 0. The first-order chi connectivity index (χ1) is 3.63. The van der Waals surface area contributed by atoms with E-state index in [-0.39, 0.29) is 0 Å². The minimum atomic E-state index is -0.472. The van der Waals surface area contributed by atoms with Crippen LogP contribution in [0, 0.1) is 0 Å². The summed E-state index contributed by atoms with van der Waals surface area (Å²) in [6.07, 6.45) is 0. The highest BCUT2D eigenvalue weighted by molar-refractivity contribution is 7.81. The zero-order valence-corrected chi connectivity index (χ0v) is 5.68. The Morgan fingerprint density at radius 2 is 2.38 bits per heavy atom. The van der Waals surface area contributed by atoms with E-state index in [0.29, 0.717) is 0 Å². The van der Waals surface area contributed by atoms with Gasteiger partial charge >= 0.3 is 0 Å². The van der Waals surface area contributed by atoms with Gasteiger partial charge in [0.15, 0.2) is 4.99 Å². The van der Waals surface area contributed by atoms with Gasteiger partial charge in [-0.3, -0.25) is 0 Å². The van der Waals surface area contributed by atoms with E-state index >= 15 is 0 Å². The predicted octanol–water partition coefficient (Wildman–Crippen LogP) is 0.407. The number of hydrazine groups is 1. The minimum absolute atomic E-state index is 0.472. The Morgan fingerprint density at radius 1 is 1.75 bits per heavy atom. The van der Waals surface area contributed by atoms with Gasteiger partial charge in [-0.05, 0) is 6.92 Å². The Bertz CT molecular complexity index is 120. The van der Waals surface area contributed by atoms with E-state index in [2.05, 4.69) is 28.5 Å². The van der Waals surface area contributed by atoms with Crippen molar-refractivity contribution in [3.8, 4) is 0 Å². The molecule has 1 heterocycles. The molecular weight excluding hydrogens is 124 g/mol. The van der Waals surface area contributed by atoms with Gasteiger partial charge in [0.25, 0.3) is 0 Å². The van der Waals surface area contributed by atoms with E-state index in [4.69, 9.17) is 0 Å². The van der Waals surface area contributed by atoms with Crippen molar-refractivity contribution in [3.63, 3.8) is 0 Å². The summed E-state index contributed by atoms with van der Waals surface area (Å²) in [4.78, 5) is -0.472. The van der Waals surface area contributed by atoms with E-state index in [1.54, 1.807) is 5.01 Å². The number of nitrogens with zero attached hydrogens (tertiary/aromatic N) is 3. The first kappa shape index (κ1) is 5.84. The monoisotopic (exact) mass is 132 g/mol. The third-order valence-corrected chi connectivity index (χ3v) is 1.46. The van der Waals surface area contributed by atoms with E-state index in [9.17, 15) is 0 Å². The molecule has 0 spiro atoms. The van der Waals surface area contributed by atoms with Crippen molar-refractivity contribution in [1.29, 1.82) is 0 Å². The SMILES string of the molecule is CN1NN=NC1(C)S. The standard InChI is InChI=1S/C3H8N4S/c1-3(8)4-5-6-7(3)2/h8H,1-2H3,(H,4,6). The number of rotatable bonds is 0. The van der Waals surface area contributed by atoms with Crippen molar-refractivity contribution >= 4 is 12.6 Å². The number of thiol groups is 1. The van der Waals surface area contributed by atoms with Crippen molar-refractivity contribution in [2.45, 2.75) is 11.9 Å². The fourth-order valence-electron chi connectivity index (χ4n) is 0.346. The Labute approximate surface area is 53.3 Å². The molecule has 1 rings (SSSR count). The molecule has 0 fully saturated rings. The normalized spacial score (nSPS) is 37.9. The molecule has 5 heteroatoms. The van der Waals surface area contributed by atoms with Gasteiger partial charge in [-0.1, -0.05) is 5.22 Å². The molecule has 0 saturated carbocycles. The van der Waals surface area contributed by atoms with E-state index in [0.717, 1.165) is 0 Å². The van der Waals surface area contributed by atoms with Gasteiger partial charge in [0.1, 0.15) is 0 Å². The van der Waals surface area contributed by atoms with E-state index < -0.39 is 4.99 Å². The molecular formula is C3H8N4S. The highest BCUT2D eigenvalue weighted by atomic mass is 32.1. The quantitative estimate of drug-likeness (QED) is 0.468. The molecule has 1 aliphatic rings. The molecule has 4 nitrogen and oxygen atoms in total. The van der Waals surface area contributed by atoms with Crippen LogP contribution in [0.5, 0.6) is 0 Å². The largest absolute Gasteiger partial charge is 0.219 e. The molecule has 1 atom stereocenters. The second kappa shape index (κ2) is 1.60. The van der Waals surface area contributed by atoms with Crippen molar-refractivity contribution in [3.05, 3.63) is 0 Å². The molecule has 0 aromatic rings. The Morgan fingerprint density at radius 3 is 2.50 bits per heavy atom. The molecule has 0 aromatic heterocycles. The maximum Gasteiger partial charge on any atom is 0.194 e. The van der Waals surface area contributed by atoms with Crippen LogP contribution in [0.1, 0.15) is 6.92 Å². The summed E-state index contributed by atoms with van der Waals surface area (Å²) in [5.41, 5.74) is 2.62. The van der Waals surface area contributed by atoms with Crippen LogP contribution < -0.4 is 5.53 Å². The zero-order chi connectivity index (χ0) is 6.20.